The zero-order valence-electron chi connectivity index (χ0n) is 19.1. The van der Waals surface area contributed by atoms with Gasteiger partial charge in [0.25, 0.3) is 5.89 Å². The maximum atomic E-state index is 13.3. The van der Waals surface area contributed by atoms with Crippen molar-refractivity contribution in [2.75, 3.05) is 39.9 Å². The molecule has 1 fully saturated rings. The number of nitrogens with zero attached hydrogens (tertiary/aromatic N) is 5. The van der Waals surface area contributed by atoms with E-state index in [4.69, 9.17) is 14.1 Å². The third-order valence-electron chi connectivity index (χ3n) is 5.96. The summed E-state index contributed by atoms with van der Waals surface area (Å²) in [5.74, 6) is 1.41. The molecule has 1 unspecified atom stereocenters. The minimum atomic E-state index is 0.111. The van der Waals surface area contributed by atoms with Gasteiger partial charge in [-0.1, -0.05) is 18.2 Å². The summed E-state index contributed by atoms with van der Waals surface area (Å²) in [4.78, 5) is 23.0. The maximum Gasteiger partial charge on any atom is 0.257 e. The first-order chi connectivity index (χ1) is 16.7. The normalized spacial score (nSPS) is 16.5. The molecule has 0 radical (unpaired) electrons. The van der Waals surface area contributed by atoms with E-state index < -0.39 is 0 Å². The highest BCUT2D eigenvalue weighted by Crippen LogP contribution is 2.33. The smallest absolute Gasteiger partial charge is 0.257 e. The molecule has 5 rings (SSSR count). The van der Waals surface area contributed by atoms with E-state index >= 15 is 0 Å². The lowest BCUT2D eigenvalue weighted by Gasteiger charge is -2.33. The van der Waals surface area contributed by atoms with Gasteiger partial charge in [-0.25, -0.2) is 4.98 Å². The summed E-state index contributed by atoms with van der Waals surface area (Å²) >= 11 is 3.30. The van der Waals surface area contributed by atoms with Crippen LogP contribution in [0.2, 0.25) is 0 Å². The van der Waals surface area contributed by atoms with E-state index in [1.54, 1.807) is 29.8 Å². The molecular formula is C24H27N5O3S2. The second-order valence-corrected chi connectivity index (χ2v) is 10.4. The fourth-order valence-electron chi connectivity index (χ4n) is 4.20. The van der Waals surface area contributed by atoms with E-state index in [-0.39, 0.29) is 18.4 Å². The molecule has 1 amide bonds. The molecule has 4 heterocycles. The van der Waals surface area contributed by atoms with E-state index in [2.05, 4.69) is 22.3 Å². The lowest BCUT2D eigenvalue weighted by molar-refractivity contribution is -0.134. The van der Waals surface area contributed by atoms with E-state index in [0.717, 1.165) is 34.8 Å². The Morgan fingerprint density at radius 2 is 2.18 bits per heavy atom. The van der Waals surface area contributed by atoms with Crippen molar-refractivity contribution in [2.45, 2.75) is 25.3 Å². The zero-order valence-corrected chi connectivity index (χ0v) is 20.7. The Hall–Kier alpha value is -2.66. The molecule has 0 spiro atoms. The van der Waals surface area contributed by atoms with Gasteiger partial charge in [0.2, 0.25) is 11.8 Å². The summed E-state index contributed by atoms with van der Waals surface area (Å²) in [6, 6.07) is 12.1. The SMILES string of the molecule is COCCN(CC(=O)N1CCCC(c2nc3ccccc3s2)C1)Cc1nnc(-c2cccs2)o1. The number of carbonyl (C=O) groups excluding carboxylic acids is 1. The first-order valence-electron chi connectivity index (χ1n) is 11.4. The summed E-state index contributed by atoms with van der Waals surface area (Å²) < 4.78 is 12.3. The van der Waals surface area contributed by atoms with Crippen LogP contribution in [0.3, 0.4) is 0 Å². The number of thiazole rings is 1. The Kier molecular flexibility index (Phi) is 7.29. The summed E-state index contributed by atoms with van der Waals surface area (Å²) in [5, 5.41) is 11.4. The van der Waals surface area contributed by atoms with Crippen molar-refractivity contribution in [3.8, 4) is 10.8 Å². The fourth-order valence-corrected chi connectivity index (χ4v) is 5.94. The molecule has 1 saturated heterocycles. The van der Waals surface area contributed by atoms with Crippen molar-refractivity contribution in [3.63, 3.8) is 0 Å². The molecule has 0 N–H and O–H groups in total. The summed E-state index contributed by atoms with van der Waals surface area (Å²) in [5.41, 5.74) is 1.04. The molecule has 8 nitrogen and oxygen atoms in total. The van der Waals surface area contributed by atoms with Crippen molar-refractivity contribution < 1.29 is 13.9 Å². The highest BCUT2D eigenvalue weighted by atomic mass is 32.1. The Labute approximate surface area is 206 Å². The molecule has 0 aliphatic carbocycles. The van der Waals surface area contributed by atoms with Crippen molar-refractivity contribution in [2.24, 2.45) is 0 Å². The van der Waals surface area contributed by atoms with Gasteiger partial charge in [0.05, 0.1) is 39.8 Å². The van der Waals surface area contributed by atoms with Crippen LogP contribution in [0.1, 0.15) is 29.7 Å². The van der Waals surface area contributed by atoms with E-state index in [9.17, 15) is 4.79 Å². The number of piperidine rings is 1. The Morgan fingerprint density at radius 1 is 1.26 bits per heavy atom. The molecule has 0 bridgehead atoms. The fraction of sp³-hybridized carbons (Fsp3) is 0.417. The van der Waals surface area contributed by atoms with Crippen molar-refractivity contribution in [3.05, 3.63) is 52.7 Å². The number of rotatable bonds is 9. The summed E-state index contributed by atoms with van der Waals surface area (Å²) in [6.45, 7) is 3.30. The number of thiophene rings is 1. The molecule has 178 valence electrons. The highest BCUT2D eigenvalue weighted by molar-refractivity contribution is 7.18. The van der Waals surface area contributed by atoms with Crippen LogP contribution in [0.5, 0.6) is 0 Å². The lowest BCUT2D eigenvalue weighted by atomic mass is 9.98. The van der Waals surface area contributed by atoms with Gasteiger partial charge in [-0.05, 0) is 36.4 Å². The van der Waals surface area contributed by atoms with Gasteiger partial charge in [-0.3, -0.25) is 9.69 Å². The van der Waals surface area contributed by atoms with Gasteiger partial charge < -0.3 is 14.1 Å². The number of fused-ring (bicyclic) bond motifs is 1. The number of methoxy groups -OCH3 is 1. The first kappa shape index (κ1) is 23.1. The summed E-state index contributed by atoms with van der Waals surface area (Å²) in [7, 11) is 1.66. The number of aromatic nitrogens is 3. The molecule has 4 aromatic rings. The van der Waals surface area contributed by atoms with Gasteiger partial charge in [0.1, 0.15) is 0 Å². The Morgan fingerprint density at radius 3 is 3.00 bits per heavy atom. The van der Waals surface area contributed by atoms with Crippen molar-refractivity contribution >= 4 is 38.8 Å². The maximum absolute atomic E-state index is 13.3. The third-order valence-corrected chi connectivity index (χ3v) is 8.02. The number of likely N-dealkylation sites (tertiary alicyclic amines) is 1. The highest BCUT2D eigenvalue weighted by Gasteiger charge is 2.28. The second-order valence-electron chi connectivity index (χ2n) is 8.38. The van der Waals surface area contributed by atoms with Crippen LogP contribution in [-0.4, -0.2) is 70.8 Å². The van der Waals surface area contributed by atoms with Crippen LogP contribution in [-0.2, 0) is 16.1 Å². The molecule has 3 aromatic heterocycles. The topological polar surface area (TPSA) is 84.6 Å². The van der Waals surface area contributed by atoms with Crippen LogP contribution >= 0.6 is 22.7 Å². The quantitative estimate of drug-likeness (QED) is 0.342. The van der Waals surface area contributed by atoms with Crippen molar-refractivity contribution in [1.29, 1.82) is 0 Å². The average molecular weight is 498 g/mol. The molecule has 1 aliphatic rings. The van der Waals surface area contributed by atoms with Gasteiger partial charge in [0.15, 0.2) is 0 Å². The second kappa shape index (κ2) is 10.7. The predicted molar refractivity (Wildman–Crippen MR) is 133 cm³/mol. The lowest BCUT2D eigenvalue weighted by Crippen LogP contribution is -2.45. The number of benzene rings is 1. The minimum absolute atomic E-state index is 0.111. The molecule has 1 aliphatic heterocycles. The molecule has 1 atom stereocenters. The van der Waals surface area contributed by atoms with Crippen LogP contribution in [0, 0.1) is 0 Å². The zero-order chi connectivity index (χ0) is 23.3. The van der Waals surface area contributed by atoms with Gasteiger partial charge >= 0.3 is 0 Å². The van der Waals surface area contributed by atoms with Crippen LogP contribution in [0.25, 0.3) is 21.0 Å². The molecule has 34 heavy (non-hydrogen) atoms. The van der Waals surface area contributed by atoms with E-state index in [1.165, 1.54) is 4.70 Å². The van der Waals surface area contributed by atoms with E-state index in [1.807, 2.05) is 39.4 Å². The van der Waals surface area contributed by atoms with Gasteiger partial charge in [-0.15, -0.1) is 32.9 Å². The number of ether oxygens (including phenoxy) is 1. The Balaban J connectivity index is 1.23. The number of hydrogen-bond donors (Lipinski definition) is 0. The van der Waals surface area contributed by atoms with Crippen molar-refractivity contribution in [1.82, 2.24) is 25.0 Å². The molecule has 10 heteroatoms. The third kappa shape index (κ3) is 5.35. The van der Waals surface area contributed by atoms with E-state index in [0.29, 0.717) is 38.0 Å². The summed E-state index contributed by atoms with van der Waals surface area (Å²) in [6.07, 6.45) is 2.04. The predicted octanol–water partition coefficient (Wildman–Crippen LogP) is 4.26. The molecule has 1 aromatic carbocycles. The largest absolute Gasteiger partial charge is 0.419 e. The number of carbonyl (C=O) groups is 1. The number of para-hydroxylation sites is 1. The molecular weight excluding hydrogens is 470 g/mol. The number of hydrogen-bond acceptors (Lipinski definition) is 9. The average Bonchev–Trinajstić information content (AvgIpc) is 3.63. The van der Waals surface area contributed by atoms with Gasteiger partial charge in [-0.2, -0.15) is 0 Å². The van der Waals surface area contributed by atoms with Crippen LogP contribution in [0.4, 0.5) is 0 Å². The Bertz CT molecular complexity index is 1190. The molecule has 0 saturated carbocycles. The first-order valence-corrected chi connectivity index (χ1v) is 13.1. The minimum Gasteiger partial charge on any atom is -0.419 e. The standard InChI is InChI=1S/C24H27N5O3S2/c1-31-12-11-28(15-21-26-27-23(32-21)20-9-5-13-33-20)16-22(30)29-10-4-6-17(14-29)24-25-18-7-2-3-8-19(18)34-24/h2-3,5,7-9,13,17H,4,6,10-12,14-16H2,1H3. The monoisotopic (exact) mass is 497 g/mol. The van der Waals surface area contributed by atoms with Crippen LogP contribution in [0.15, 0.2) is 46.2 Å². The van der Waals surface area contributed by atoms with Gasteiger partial charge in [0, 0.05) is 32.7 Å². The van der Waals surface area contributed by atoms with Crippen LogP contribution < -0.4 is 0 Å². The number of amides is 1.